The molecule has 0 spiro atoms. The van der Waals surface area contributed by atoms with Gasteiger partial charge < -0.3 is 14.2 Å². The molecule has 0 aromatic heterocycles. The first-order chi connectivity index (χ1) is 31.6. The summed E-state index contributed by atoms with van der Waals surface area (Å²) in [6.07, 6.45) is 71.8. The highest BCUT2D eigenvalue weighted by Crippen LogP contribution is 2.15. The minimum absolute atomic E-state index is 0.0524. The van der Waals surface area contributed by atoms with Crippen LogP contribution in [0, 0.1) is 0 Å². The Bertz CT molecular complexity index is 1190. The van der Waals surface area contributed by atoms with Crippen molar-refractivity contribution in [2.45, 2.75) is 258 Å². The maximum atomic E-state index is 12.8. The zero-order valence-corrected chi connectivity index (χ0v) is 42.3. The van der Waals surface area contributed by atoms with Crippen molar-refractivity contribution in [1.29, 1.82) is 0 Å². The van der Waals surface area contributed by atoms with Gasteiger partial charge in [-0.25, -0.2) is 0 Å². The first-order valence-electron chi connectivity index (χ1n) is 27.1. The molecule has 0 radical (unpaired) electrons. The summed E-state index contributed by atoms with van der Waals surface area (Å²) in [5.41, 5.74) is 0. The molecule has 5 nitrogen and oxygen atoms in total. The molecule has 0 N–H and O–H groups in total. The number of carbonyl (C=O) groups is 2. The smallest absolute Gasteiger partial charge is 0.306 e. The van der Waals surface area contributed by atoms with E-state index in [4.69, 9.17) is 14.2 Å². The van der Waals surface area contributed by atoms with Crippen molar-refractivity contribution in [1.82, 2.24) is 0 Å². The third-order valence-corrected chi connectivity index (χ3v) is 11.4. The topological polar surface area (TPSA) is 61.8 Å². The maximum Gasteiger partial charge on any atom is 0.306 e. The fourth-order valence-corrected chi connectivity index (χ4v) is 7.43. The molecule has 0 aliphatic carbocycles. The lowest BCUT2D eigenvalue weighted by atomic mass is 10.0. The second kappa shape index (κ2) is 54.4. The van der Waals surface area contributed by atoms with Crippen LogP contribution in [-0.4, -0.2) is 37.9 Å². The van der Waals surface area contributed by atoms with E-state index in [1.165, 1.54) is 141 Å². The van der Waals surface area contributed by atoms with Crippen molar-refractivity contribution in [3.05, 3.63) is 85.1 Å². The fourth-order valence-electron chi connectivity index (χ4n) is 7.43. The summed E-state index contributed by atoms with van der Waals surface area (Å²) in [5, 5.41) is 0. The summed E-state index contributed by atoms with van der Waals surface area (Å²) in [7, 11) is 0. The molecule has 0 bridgehead atoms. The van der Waals surface area contributed by atoms with Crippen molar-refractivity contribution in [3.63, 3.8) is 0 Å². The number of esters is 2. The Morgan fingerprint density at radius 1 is 0.359 bits per heavy atom. The minimum Gasteiger partial charge on any atom is -0.462 e. The lowest BCUT2D eigenvalue weighted by molar-refractivity contribution is -0.162. The van der Waals surface area contributed by atoms with E-state index in [-0.39, 0.29) is 25.2 Å². The Morgan fingerprint density at radius 3 is 1.16 bits per heavy atom. The van der Waals surface area contributed by atoms with Crippen LogP contribution >= 0.6 is 0 Å². The third-order valence-electron chi connectivity index (χ3n) is 11.4. The molecule has 0 heterocycles. The number of ether oxygens (including phenoxy) is 3. The summed E-state index contributed by atoms with van der Waals surface area (Å²) in [5.74, 6) is -0.438. The van der Waals surface area contributed by atoms with Gasteiger partial charge in [0.25, 0.3) is 0 Å². The Kier molecular flexibility index (Phi) is 51.9. The Balaban J connectivity index is 4.34. The second-order valence-corrected chi connectivity index (χ2v) is 17.8. The van der Waals surface area contributed by atoms with E-state index < -0.39 is 6.10 Å². The van der Waals surface area contributed by atoms with Crippen LogP contribution in [0.25, 0.3) is 0 Å². The molecular formula is C59H102O5. The quantitative estimate of drug-likeness (QED) is 0.0346. The first kappa shape index (κ1) is 61.1. The molecule has 368 valence electrons. The summed E-state index contributed by atoms with van der Waals surface area (Å²) in [4.78, 5) is 25.4. The average Bonchev–Trinajstić information content (AvgIpc) is 3.30. The number of unbranched alkanes of at least 4 members (excludes halogenated alkanes) is 24. The summed E-state index contributed by atoms with van der Waals surface area (Å²) in [6.45, 7) is 7.49. The number of allylic oxidation sites excluding steroid dienone is 13. The normalized spacial score (nSPS) is 12.9. The van der Waals surface area contributed by atoms with Gasteiger partial charge in [0.2, 0.25) is 0 Å². The highest BCUT2D eigenvalue weighted by atomic mass is 16.6. The predicted molar refractivity (Wildman–Crippen MR) is 279 cm³/mol. The van der Waals surface area contributed by atoms with Crippen molar-refractivity contribution in [2.75, 3.05) is 19.8 Å². The van der Waals surface area contributed by atoms with Gasteiger partial charge in [0.15, 0.2) is 6.10 Å². The lowest BCUT2D eigenvalue weighted by Gasteiger charge is -2.18. The zero-order valence-electron chi connectivity index (χ0n) is 42.3. The standard InChI is InChI=1S/C59H102O5/c1-4-7-10-13-16-19-22-25-27-29-30-31-32-35-37-40-43-46-49-52-58(60)63-56-57(64-59(61)53-50-47-44-41-38-34-24-21-18-15-12-9-6-3)55-62-54-51-48-45-42-39-36-33-28-26-23-20-17-14-11-8-5-2/h8,11,16-17,19-20,25-28,36,39,45,48,57H,4-7,9-10,12-15,18,21-24,29-35,37-38,40-44,46-47,49-56H2,1-3H3/b11-8-,19-16-,20-17-,27-25-,28-26-,39-36-,48-45-. The van der Waals surface area contributed by atoms with E-state index in [1.807, 2.05) is 0 Å². The molecule has 0 aliphatic heterocycles. The zero-order chi connectivity index (χ0) is 46.3. The van der Waals surface area contributed by atoms with Crippen LogP contribution in [0.5, 0.6) is 0 Å². The summed E-state index contributed by atoms with van der Waals surface area (Å²) < 4.78 is 17.3. The summed E-state index contributed by atoms with van der Waals surface area (Å²) >= 11 is 0. The van der Waals surface area contributed by atoms with E-state index in [0.29, 0.717) is 19.4 Å². The Labute approximate surface area is 397 Å². The van der Waals surface area contributed by atoms with Gasteiger partial charge in [0.1, 0.15) is 6.61 Å². The molecule has 0 saturated heterocycles. The predicted octanol–water partition coefficient (Wildman–Crippen LogP) is 18.5. The van der Waals surface area contributed by atoms with Crippen molar-refractivity contribution < 1.29 is 23.8 Å². The van der Waals surface area contributed by atoms with E-state index in [0.717, 1.165) is 77.0 Å². The van der Waals surface area contributed by atoms with Crippen molar-refractivity contribution in [2.24, 2.45) is 0 Å². The van der Waals surface area contributed by atoms with Crippen molar-refractivity contribution >= 4 is 11.9 Å². The Hall–Kier alpha value is -2.92. The molecule has 0 aromatic carbocycles. The third kappa shape index (κ3) is 51.7. The van der Waals surface area contributed by atoms with Gasteiger partial charge in [0.05, 0.1) is 13.2 Å². The molecule has 0 aliphatic rings. The molecule has 64 heavy (non-hydrogen) atoms. The molecule has 0 rings (SSSR count). The van der Waals surface area contributed by atoms with Gasteiger partial charge in [-0.05, 0) is 83.5 Å². The first-order valence-corrected chi connectivity index (χ1v) is 27.1. The number of carbonyl (C=O) groups excluding carboxylic acids is 2. The highest BCUT2D eigenvalue weighted by molar-refractivity contribution is 5.70. The number of rotatable bonds is 49. The SMILES string of the molecule is CC/C=C\C/C=C\C/C=C\C/C=C\C/C=C\CCOCC(COC(=O)CCCCCCCCCCC/C=C\C/C=C\CCCCC)OC(=O)CCCCCCCCCCCCCCC. The molecule has 0 amide bonds. The van der Waals surface area contributed by atoms with E-state index in [9.17, 15) is 9.59 Å². The van der Waals surface area contributed by atoms with Gasteiger partial charge in [-0.2, -0.15) is 0 Å². The van der Waals surface area contributed by atoms with Crippen LogP contribution in [0.1, 0.15) is 252 Å². The van der Waals surface area contributed by atoms with E-state index in [2.05, 4.69) is 106 Å². The largest absolute Gasteiger partial charge is 0.462 e. The minimum atomic E-state index is -0.579. The van der Waals surface area contributed by atoms with E-state index in [1.54, 1.807) is 0 Å². The molecule has 5 heteroatoms. The monoisotopic (exact) mass is 891 g/mol. The van der Waals surface area contributed by atoms with Gasteiger partial charge in [-0.3, -0.25) is 9.59 Å². The number of hydrogen-bond acceptors (Lipinski definition) is 5. The molecular weight excluding hydrogens is 789 g/mol. The molecule has 0 aromatic rings. The van der Waals surface area contributed by atoms with Crippen LogP contribution in [0.2, 0.25) is 0 Å². The summed E-state index contributed by atoms with van der Waals surface area (Å²) in [6, 6.07) is 0. The molecule has 1 atom stereocenters. The van der Waals surface area contributed by atoms with Gasteiger partial charge in [-0.15, -0.1) is 0 Å². The lowest BCUT2D eigenvalue weighted by Crippen LogP contribution is -2.30. The van der Waals surface area contributed by atoms with Crippen LogP contribution in [-0.2, 0) is 23.8 Å². The Morgan fingerprint density at radius 2 is 0.703 bits per heavy atom. The fraction of sp³-hybridized carbons (Fsp3) is 0.729. The van der Waals surface area contributed by atoms with Gasteiger partial charge in [-0.1, -0.05) is 241 Å². The average molecular weight is 891 g/mol. The molecule has 1 unspecified atom stereocenters. The number of hydrogen-bond donors (Lipinski definition) is 0. The van der Waals surface area contributed by atoms with Crippen molar-refractivity contribution in [3.8, 4) is 0 Å². The van der Waals surface area contributed by atoms with Crippen LogP contribution < -0.4 is 0 Å². The molecule has 0 fully saturated rings. The van der Waals surface area contributed by atoms with Crippen LogP contribution in [0.3, 0.4) is 0 Å². The maximum absolute atomic E-state index is 12.8. The molecule has 0 saturated carbocycles. The highest BCUT2D eigenvalue weighted by Gasteiger charge is 2.17. The van der Waals surface area contributed by atoms with Gasteiger partial charge in [0, 0.05) is 12.8 Å². The van der Waals surface area contributed by atoms with Crippen LogP contribution in [0.4, 0.5) is 0 Å². The second-order valence-electron chi connectivity index (χ2n) is 17.8. The van der Waals surface area contributed by atoms with Gasteiger partial charge >= 0.3 is 11.9 Å². The van der Waals surface area contributed by atoms with E-state index >= 15 is 0 Å². The van der Waals surface area contributed by atoms with Crippen LogP contribution in [0.15, 0.2) is 85.1 Å².